The maximum absolute atomic E-state index is 11.4. The number of nitrogens with zero attached hydrogens (tertiary/aromatic N) is 3. The largest absolute Gasteiger partial charge is 0.478 e. The predicted octanol–water partition coefficient (Wildman–Crippen LogP) is 4.72. The quantitative estimate of drug-likeness (QED) is 0.462. The summed E-state index contributed by atoms with van der Waals surface area (Å²) in [7, 11) is 0. The normalized spacial score (nSPS) is 14.5. The third-order valence-corrected chi connectivity index (χ3v) is 6.35. The predicted molar refractivity (Wildman–Crippen MR) is 122 cm³/mol. The van der Waals surface area contributed by atoms with Gasteiger partial charge in [-0.15, -0.1) is 0 Å². The molecular weight excluding hydrogens is 404 g/mol. The van der Waals surface area contributed by atoms with Crippen LogP contribution in [-0.4, -0.2) is 39.1 Å². The van der Waals surface area contributed by atoms with Gasteiger partial charge in [-0.25, -0.2) is 4.79 Å². The molecule has 162 valence electrons. The van der Waals surface area contributed by atoms with Gasteiger partial charge < -0.3 is 14.4 Å². The fourth-order valence-corrected chi connectivity index (χ4v) is 4.68. The van der Waals surface area contributed by atoms with E-state index < -0.39 is 11.4 Å². The molecule has 3 heterocycles. The van der Waals surface area contributed by atoms with E-state index in [-0.39, 0.29) is 5.56 Å². The Balaban J connectivity index is 1.84. The molecule has 1 aliphatic heterocycles. The summed E-state index contributed by atoms with van der Waals surface area (Å²) >= 11 is 0. The van der Waals surface area contributed by atoms with Gasteiger partial charge in [0.1, 0.15) is 0 Å². The average molecular weight is 428 g/mol. The summed E-state index contributed by atoms with van der Waals surface area (Å²) in [5.74, 6) is -0.530. The molecule has 1 saturated heterocycles. The molecule has 2 aromatic carbocycles. The van der Waals surface area contributed by atoms with Crippen LogP contribution in [0.2, 0.25) is 0 Å². The molecule has 0 atom stereocenters. The highest BCUT2D eigenvalue weighted by Gasteiger charge is 2.33. The zero-order valence-electron chi connectivity index (χ0n) is 18.1. The minimum absolute atomic E-state index is 0.248. The number of aromatic nitrogens is 3. The van der Waals surface area contributed by atoms with Crippen LogP contribution in [0.25, 0.3) is 32.9 Å². The minimum Gasteiger partial charge on any atom is -0.478 e. The molecule has 0 aliphatic carbocycles. The highest BCUT2D eigenvalue weighted by Crippen LogP contribution is 2.44. The van der Waals surface area contributed by atoms with E-state index in [1.54, 1.807) is 12.1 Å². The van der Waals surface area contributed by atoms with Gasteiger partial charge in [-0.05, 0) is 29.8 Å². The van der Waals surface area contributed by atoms with Crippen molar-refractivity contribution in [1.29, 1.82) is 5.26 Å². The number of hydrogen-bond acceptors (Lipinski definition) is 4. The van der Waals surface area contributed by atoms with Crippen LogP contribution in [0.15, 0.2) is 42.6 Å². The molecule has 2 aromatic heterocycles. The fourth-order valence-electron chi connectivity index (χ4n) is 4.68. The van der Waals surface area contributed by atoms with Crippen LogP contribution in [0, 0.1) is 17.2 Å². The molecule has 1 aliphatic rings. The molecule has 2 N–H and O–H groups in total. The van der Waals surface area contributed by atoms with E-state index in [0.717, 1.165) is 58.4 Å². The van der Waals surface area contributed by atoms with Crippen molar-refractivity contribution in [2.24, 2.45) is 5.92 Å². The van der Waals surface area contributed by atoms with Crippen molar-refractivity contribution in [2.45, 2.75) is 32.2 Å². The maximum atomic E-state index is 11.4. The van der Waals surface area contributed by atoms with Gasteiger partial charge in [0.05, 0.1) is 36.6 Å². The first-order chi connectivity index (χ1) is 15.4. The summed E-state index contributed by atoms with van der Waals surface area (Å²) < 4.78 is 7.78. The molecule has 5 rings (SSSR count). The Labute approximate surface area is 185 Å². The van der Waals surface area contributed by atoms with E-state index in [9.17, 15) is 15.2 Å². The number of carboxylic acids is 1. The lowest BCUT2D eigenvalue weighted by atomic mass is 9.81. The van der Waals surface area contributed by atoms with Crippen molar-refractivity contribution >= 4 is 27.8 Å². The van der Waals surface area contributed by atoms with E-state index in [1.165, 1.54) is 0 Å². The number of aromatic amines is 1. The smallest absolute Gasteiger partial charge is 0.335 e. The Kier molecular flexibility index (Phi) is 4.75. The van der Waals surface area contributed by atoms with Crippen molar-refractivity contribution in [1.82, 2.24) is 14.8 Å². The summed E-state index contributed by atoms with van der Waals surface area (Å²) in [6.07, 6.45) is 2.18. The molecule has 32 heavy (non-hydrogen) atoms. The standard InChI is InChI=1S/C25H24N4O3/c1-25(2,7-8-26)23-22(16-3-5-17(6-4-16)24(30)31)19-10-20-18(11-27-28-20)9-21(19)29(23)12-15-13-32-14-15/h3-6,9-11,15H,7,12-14H2,1-2H3,(H,27,28)(H,30,31). The number of H-pyrrole nitrogens is 1. The zero-order chi connectivity index (χ0) is 22.5. The molecule has 4 aromatic rings. The Morgan fingerprint density at radius 2 is 2.06 bits per heavy atom. The molecule has 0 bridgehead atoms. The Morgan fingerprint density at radius 1 is 1.31 bits per heavy atom. The molecule has 1 fully saturated rings. The van der Waals surface area contributed by atoms with Gasteiger partial charge in [-0.3, -0.25) is 5.10 Å². The Hall–Kier alpha value is -3.63. The lowest BCUT2D eigenvalue weighted by molar-refractivity contribution is -0.0393. The number of carbonyl (C=O) groups is 1. The van der Waals surface area contributed by atoms with Gasteiger partial charge in [0.25, 0.3) is 0 Å². The monoisotopic (exact) mass is 428 g/mol. The van der Waals surface area contributed by atoms with Crippen molar-refractivity contribution in [3.63, 3.8) is 0 Å². The first kappa shape index (κ1) is 20.3. The van der Waals surface area contributed by atoms with Gasteiger partial charge in [0.2, 0.25) is 0 Å². The lowest BCUT2D eigenvalue weighted by Gasteiger charge is -2.31. The highest BCUT2D eigenvalue weighted by atomic mass is 16.5. The van der Waals surface area contributed by atoms with Crippen LogP contribution in [0.1, 0.15) is 36.3 Å². The fraction of sp³-hybridized carbons (Fsp3) is 0.320. The summed E-state index contributed by atoms with van der Waals surface area (Å²) in [5.41, 5.74) is 4.92. The number of aromatic carboxylic acids is 1. The average Bonchev–Trinajstić information content (AvgIpc) is 3.31. The number of hydrogen-bond donors (Lipinski definition) is 2. The number of rotatable bonds is 6. The lowest BCUT2D eigenvalue weighted by Crippen LogP contribution is -2.33. The molecular formula is C25H24N4O3. The molecule has 7 nitrogen and oxygen atoms in total. The van der Waals surface area contributed by atoms with Crippen LogP contribution in [0.5, 0.6) is 0 Å². The first-order valence-corrected chi connectivity index (χ1v) is 10.7. The molecule has 0 unspecified atom stereocenters. The summed E-state index contributed by atoms with van der Waals surface area (Å²) in [4.78, 5) is 11.4. The molecule has 7 heteroatoms. The van der Waals surface area contributed by atoms with Crippen LogP contribution < -0.4 is 0 Å². The van der Waals surface area contributed by atoms with E-state index in [2.05, 4.69) is 46.8 Å². The molecule has 0 radical (unpaired) electrons. The van der Waals surface area contributed by atoms with E-state index in [1.807, 2.05) is 18.3 Å². The number of nitriles is 1. The Morgan fingerprint density at radius 3 is 2.69 bits per heavy atom. The first-order valence-electron chi connectivity index (χ1n) is 10.7. The third kappa shape index (κ3) is 3.24. The van der Waals surface area contributed by atoms with Gasteiger partial charge in [0.15, 0.2) is 0 Å². The summed E-state index contributed by atoms with van der Waals surface area (Å²) in [5, 5.41) is 28.3. The second-order valence-electron chi connectivity index (χ2n) is 9.17. The van der Waals surface area contributed by atoms with Gasteiger partial charge in [-0.1, -0.05) is 26.0 Å². The Bertz CT molecular complexity index is 1370. The number of carboxylic acid groups (broad SMARTS) is 1. The second-order valence-corrected chi connectivity index (χ2v) is 9.17. The summed E-state index contributed by atoms with van der Waals surface area (Å²) in [6.45, 7) is 6.46. The topological polar surface area (TPSA) is 104 Å². The van der Waals surface area contributed by atoms with Gasteiger partial charge in [-0.2, -0.15) is 10.4 Å². The number of fused-ring (bicyclic) bond motifs is 2. The van der Waals surface area contributed by atoms with Gasteiger partial charge in [0, 0.05) is 51.8 Å². The number of nitrogens with one attached hydrogen (secondary N) is 1. The van der Waals surface area contributed by atoms with E-state index >= 15 is 0 Å². The second kappa shape index (κ2) is 7.50. The SMILES string of the molecule is CC(C)(CC#N)c1c(-c2ccc(C(=O)O)cc2)c2cc3[nH]ncc3cc2n1CC1COC1. The summed E-state index contributed by atoms with van der Waals surface area (Å²) in [6, 6.07) is 13.6. The van der Waals surface area contributed by atoms with Crippen LogP contribution in [0.3, 0.4) is 0 Å². The molecule has 0 amide bonds. The van der Waals surface area contributed by atoms with Crippen LogP contribution in [-0.2, 0) is 16.7 Å². The van der Waals surface area contributed by atoms with E-state index in [4.69, 9.17) is 4.74 Å². The number of ether oxygens (including phenoxy) is 1. The van der Waals surface area contributed by atoms with Crippen molar-refractivity contribution in [3.8, 4) is 17.2 Å². The highest BCUT2D eigenvalue weighted by molar-refractivity contribution is 6.05. The van der Waals surface area contributed by atoms with Crippen LogP contribution >= 0.6 is 0 Å². The van der Waals surface area contributed by atoms with Crippen LogP contribution in [0.4, 0.5) is 0 Å². The number of benzene rings is 2. The molecule has 0 spiro atoms. The van der Waals surface area contributed by atoms with Crippen molar-refractivity contribution in [3.05, 3.63) is 53.9 Å². The van der Waals surface area contributed by atoms with Gasteiger partial charge >= 0.3 is 5.97 Å². The van der Waals surface area contributed by atoms with E-state index in [0.29, 0.717) is 12.3 Å². The zero-order valence-corrected chi connectivity index (χ0v) is 18.1. The minimum atomic E-state index is -0.951. The third-order valence-electron chi connectivity index (χ3n) is 6.35. The van der Waals surface area contributed by atoms with Crippen molar-refractivity contribution in [2.75, 3.05) is 13.2 Å². The van der Waals surface area contributed by atoms with Crippen molar-refractivity contribution < 1.29 is 14.6 Å². The maximum Gasteiger partial charge on any atom is 0.335 e. The molecule has 0 saturated carbocycles.